The summed E-state index contributed by atoms with van der Waals surface area (Å²) in [5.41, 5.74) is 0. The molecule has 3 aliphatic rings. The summed E-state index contributed by atoms with van der Waals surface area (Å²) >= 11 is 4.05. The van der Waals surface area contributed by atoms with E-state index >= 15 is 0 Å². The maximum absolute atomic E-state index is 9.84. The summed E-state index contributed by atoms with van der Waals surface area (Å²) < 4.78 is 0.269. The van der Waals surface area contributed by atoms with Crippen molar-refractivity contribution in [1.29, 1.82) is 0 Å². The smallest absolute Gasteiger partial charge is 0.0899 e. The van der Waals surface area contributed by atoms with E-state index in [2.05, 4.69) is 0 Å². The molecule has 2 saturated carbocycles. The second-order valence-corrected chi connectivity index (χ2v) is 6.78. The van der Waals surface area contributed by atoms with Crippen LogP contribution in [0.2, 0.25) is 0 Å². The van der Waals surface area contributed by atoms with Gasteiger partial charge in [-0.25, -0.2) is 0 Å². The van der Waals surface area contributed by atoms with Crippen LogP contribution in [0, 0.1) is 11.8 Å². The lowest BCUT2D eigenvalue weighted by atomic mass is 10.2. The van der Waals surface area contributed by atoms with Crippen LogP contribution in [0.3, 0.4) is 0 Å². The molecule has 1 saturated heterocycles. The van der Waals surface area contributed by atoms with Crippen LogP contribution >= 0.6 is 23.5 Å². The molecule has 0 amide bonds. The van der Waals surface area contributed by atoms with Crippen molar-refractivity contribution in [2.24, 2.45) is 11.8 Å². The minimum Gasteiger partial charge on any atom is -0.391 e. The summed E-state index contributed by atoms with van der Waals surface area (Å²) in [4.78, 5) is 0. The first-order valence-corrected chi connectivity index (χ1v) is 6.26. The number of thioether (sulfide) groups is 2. The van der Waals surface area contributed by atoms with Gasteiger partial charge in [0.05, 0.1) is 10.2 Å². The minimum atomic E-state index is 0.00347. The first-order valence-electron chi connectivity index (χ1n) is 4.29. The number of rotatable bonds is 0. The van der Waals surface area contributed by atoms with Gasteiger partial charge in [-0.05, 0) is 24.7 Å². The van der Waals surface area contributed by atoms with Crippen LogP contribution in [-0.2, 0) is 0 Å². The fraction of sp³-hybridized carbons (Fsp3) is 1.00. The third-order valence-corrected chi connectivity index (χ3v) is 7.00. The first-order chi connectivity index (χ1) is 5.33. The summed E-state index contributed by atoms with van der Waals surface area (Å²) in [5, 5.41) is 9.84. The largest absolute Gasteiger partial charge is 0.391 e. The molecule has 0 aromatic rings. The molecule has 0 aromatic heterocycles. The summed E-state index contributed by atoms with van der Waals surface area (Å²) in [6.45, 7) is 0. The van der Waals surface area contributed by atoms with E-state index in [9.17, 15) is 5.11 Å². The number of aliphatic hydroxyl groups excluding tert-OH is 1. The van der Waals surface area contributed by atoms with E-state index in [4.69, 9.17) is 0 Å². The highest BCUT2D eigenvalue weighted by molar-refractivity contribution is 8.21. The van der Waals surface area contributed by atoms with Crippen LogP contribution in [-0.4, -0.2) is 26.8 Å². The van der Waals surface area contributed by atoms with Crippen LogP contribution < -0.4 is 0 Å². The maximum atomic E-state index is 9.84. The molecule has 1 aliphatic heterocycles. The zero-order valence-corrected chi connectivity index (χ0v) is 7.96. The molecule has 1 spiro atoms. The molecule has 3 atom stereocenters. The van der Waals surface area contributed by atoms with Crippen LogP contribution in [0.4, 0.5) is 0 Å². The van der Waals surface area contributed by atoms with Gasteiger partial charge in [0.15, 0.2) is 0 Å². The van der Waals surface area contributed by atoms with Gasteiger partial charge in [0.25, 0.3) is 0 Å². The molecule has 1 unspecified atom stereocenters. The van der Waals surface area contributed by atoms with E-state index in [1.807, 2.05) is 23.5 Å². The fourth-order valence-corrected chi connectivity index (χ4v) is 6.27. The SMILES string of the molecule is OC1C[C@H]2C[C@H]2C12SCCS2. The highest BCUT2D eigenvalue weighted by atomic mass is 32.2. The second kappa shape index (κ2) is 2.12. The average molecular weight is 188 g/mol. The first kappa shape index (κ1) is 7.10. The van der Waals surface area contributed by atoms with Crippen molar-refractivity contribution in [2.45, 2.75) is 23.0 Å². The molecule has 0 aromatic carbocycles. The van der Waals surface area contributed by atoms with Gasteiger partial charge in [0.2, 0.25) is 0 Å². The van der Waals surface area contributed by atoms with Crippen molar-refractivity contribution in [2.75, 3.05) is 11.5 Å². The van der Waals surface area contributed by atoms with Gasteiger partial charge in [-0.3, -0.25) is 0 Å². The normalized spacial score (nSPS) is 51.5. The van der Waals surface area contributed by atoms with E-state index in [-0.39, 0.29) is 10.2 Å². The molecule has 0 radical (unpaired) electrons. The Morgan fingerprint density at radius 1 is 1.18 bits per heavy atom. The fourth-order valence-electron chi connectivity index (χ4n) is 2.55. The molecule has 3 heteroatoms. The van der Waals surface area contributed by atoms with Gasteiger partial charge in [-0.2, -0.15) is 0 Å². The van der Waals surface area contributed by atoms with E-state index in [1.54, 1.807) is 0 Å². The summed E-state index contributed by atoms with van der Waals surface area (Å²) in [6.07, 6.45) is 2.49. The van der Waals surface area contributed by atoms with Crippen molar-refractivity contribution in [3.63, 3.8) is 0 Å². The Hall–Kier alpha value is 0.660. The van der Waals surface area contributed by atoms with Crippen LogP contribution in [0.15, 0.2) is 0 Å². The average Bonchev–Trinajstić information content (AvgIpc) is 2.55. The minimum absolute atomic E-state index is 0.00347. The third kappa shape index (κ3) is 0.798. The Balaban J connectivity index is 1.92. The van der Waals surface area contributed by atoms with Crippen molar-refractivity contribution in [3.8, 4) is 0 Å². The molecule has 1 heterocycles. The van der Waals surface area contributed by atoms with E-state index in [0.717, 1.165) is 18.3 Å². The highest BCUT2D eigenvalue weighted by Gasteiger charge is 2.64. The molecule has 3 rings (SSSR count). The lowest BCUT2D eigenvalue weighted by molar-refractivity contribution is 0.164. The van der Waals surface area contributed by atoms with Gasteiger partial charge in [-0.1, -0.05) is 0 Å². The lowest BCUT2D eigenvalue weighted by Crippen LogP contribution is -2.31. The van der Waals surface area contributed by atoms with Crippen molar-refractivity contribution < 1.29 is 5.11 Å². The topological polar surface area (TPSA) is 20.2 Å². The van der Waals surface area contributed by atoms with Gasteiger partial charge in [0, 0.05) is 11.5 Å². The Morgan fingerprint density at radius 3 is 2.45 bits per heavy atom. The molecule has 3 fully saturated rings. The van der Waals surface area contributed by atoms with Crippen molar-refractivity contribution >= 4 is 23.5 Å². The molecule has 1 N–H and O–H groups in total. The van der Waals surface area contributed by atoms with Crippen LogP contribution in [0.1, 0.15) is 12.8 Å². The van der Waals surface area contributed by atoms with Crippen LogP contribution in [0.5, 0.6) is 0 Å². The van der Waals surface area contributed by atoms with E-state index in [0.29, 0.717) is 0 Å². The van der Waals surface area contributed by atoms with Gasteiger partial charge in [-0.15, -0.1) is 23.5 Å². The Bertz CT molecular complexity index is 185. The summed E-state index contributed by atoms with van der Waals surface area (Å²) in [5.74, 6) is 4.27. The molecular weight excluding hydrogens is 176 g/mol. The molecule has 0 bridgehead atoms. The Kier molecular flexibility index (Phi) is 1.37. The zero-order valence-electron chi connectivity index (χ0n) is 6.32. The van der Waals surface area contributed by atoms with E-state index < -0.39 is 0 Å². The van der Waals surface area contributed by atoms with Crippen molar-refractivity contribution in [3.05, 3.63) is 0 Å². The molecule has 2 aliphatic carbocycles. The quantitative estimate of drug-likeness (QED) is 0.623. The van der Waals surface area contributed by atoms with E-state index in [1.165, 1.54) is 17.9 Å². The predicted molar refractivity (Wildman–Crippen MR) is 49.9 cm³/mol. The van der Waals surface area contributed by atoms with Gasteiger partial charge < -0.3 is 5.11 Å². The lowest BCUT2D eigenvalue weighted by Gasteiger charge is -2.28. The highest BCUT2D eigenvalue weighted by Crippen LogP contribution is 2.69. The second-order valence-electron chi connectivity index (χ2n) is 3.77. The Labute approximate surface area is 75.3 Å². The predicted octanol–water partition coefficient (Wildman–Crippen LogP) is 1.56. The molecule has 62 valence electrons. The zero-order chi connectivity index (χ0) is 7.47. The molecule has 11 heavy (non-hydrogen) atoms. The summed E-state index contributed by atoms with van der Waals surface area (Å²) in [7, 11) is 0. The third-order valence-electron chi connectivity index (χ3n) is 3.17. The van der Waals surface area contributed by atoms with Gasteiger partial charge in [0.1, 0.15) is 0 Å². The summed E-state index contributed by atoms with van der Waals surface area (Å²) in [6, 6.07) is 0. The number of hydrogen-bond donors (Lipinski definition) is 1. The monoisotopic (exact) mass is 188 g/mol. The number of fused-ring (bicyclic) bond motifs is 2. The molecule has 1 nitrogen and oxygen atoms in total. The van der Waals surface area contributed by atoms with Crippen LogP contribution in [0.25, 0.3) is 0 Å². The van der Waals surface area contributed by atoms with Gasteiger partial charge >= 0.3 is 0 Å². The van der Waals surface area contributed by atoms with Crippen molar-refractivity contribution in [1.82, 2.24) is 0 Å². The molecular formula is C8H12OS2. The number of hydrogen-bond acceptors (Lipinski definition) is 3. The maximum Gasteiger partial charge on any atom is 0.0899 e. The standard InChI is InChI=1S/C8H12OS2/c9-7-4-5-3-6(5)8(7)10-1-2-11-8/h5-7,9H,1-4H2/t5-,6-,7?/m1/s1. The Morgan fingerprint density at radius 2 is 1.91 bits per heavy atom. The number of aliphatic hydroxyl groups is 1.